The summed E-state index contributed by atoms with van der Waals surface area (Å²) in [6, 6.07) is 1.16. The Hall–Kier alpha value is -1.99. The first-order valence-electron chi connectivity index (χ1n) is 6.27. The van der Waals surface area contributed by atoms with Crippen molar-refractivity contribution in [2.75, 3.05) is 31.1 Å². The fourth-order valence-electron chi connectivity index (χ4n) is 2.70. The first-order chi connectivity index (χ1) is 9.47. The van der Waals surface area contributed by atoms with Gasteiger partial charge in [0.25, 0.3) is 0 Å². The maximum atomic E-state index is 13.0. The monoisotopic (exact) mass is 286 g/mol. The molecular weight excluding hydrogens is 273 g/mol. The standard InChI is InChI=1S/C12H13F3N4O/c13-12(14,15)9-6-16-2-1-10(9)18-3-4-19-8(7-18)5-17-11(19)20/h1-2,6,8H,3-5,7H2,(H,17,20). The quantitative estimate of drug-likeness (QED) is 0.847. The number of rotatable bonds is 1. The molecule has 2 fully saturated rings. The molecule has 20 heavy (non-hydrogen) atoms. The van der Waals surface area contributed by atoms with Gasteiger partial charge in [-0.2, -0.15) is 13.2 Å². The number of nitrogens with one attached hydrogen (secondary N) is 1. The highest BCUT2D eigenvalue weighted by Crippen LogP contribution is 2.36. The molecular formula is C12H13F3N4O. The van der Waals surface area contributed by atoms with Crippen molar-refractivity contribution in [3.8, 4) is 0 Å². The van der Waals surface area contributed by atoms with E-state index in [2.05, 4.69) is 10.3 Å². The number of carbonyl (C=O) groups is 1. The van der Waals surface area contributed by atoms with Crippen LogP contribution in [-0.4, -0.2) is 48.1 Å². The van der Waals surface area contributed by atoms with Crippen LogP contribution >= 0.6 is 0 Å². The SMILES string of the molecule is O=C1NCC2CN(c3ccncc3C(F)(F)F)CCN12. The molecule has 0 spiro atoms. The van der Waals surface area contributed by atoms with Crippen LogP contribution in [0.1, 0.15) is 5.56 Å². The van der Waals surface area contributed by atoms with Crippen molar-refractivity contribution in [1.82, 2.24) is 15.2 Å². The van der Waals surface area contributed by atoms with Crippen LogP contribution in [0.25, 0.3) is 0 Å². The molecule has 2 amide bonds. The number of halogens is 3. The maximum Gasteiger partial charge on any atom is 0.419 e. The molecule has 2 saturated heterocycles. The molecule has 0 aromatic carbocycles. The predicted octanol–water partition coefficient (Wildman–Crippen LogP) is 1.31. The zero-order valence-electron chi connectivity index (χ0n) is 10.5. The molecule has 3 rings (SSSR count). The molecule has 0 radical (unpaired) electrons. The Bertz CT molecular complexity index is 534. The highest BCUT2D eigenvalue weighted by atomic mass is 19.4. The minimum atomic E-state index is -4.43. The molecule has 108 valence electrons. The van der Waals surface area contributed by atoms with Gasteiger partial charge >= 0.3 is 12.2 Å². The summed E-state index contributed by atoms with van der Waals surface area (Å²) in [4.78, 5) is 18.4. The summed E-state index contributed by atoms with van der Waals surface area (Å²) in [5.74, 6) is 0. The molecule has 1 aromatic heterocycles. The Morgan fingerprint density at radius 1 is 1.35 bits per heavy atom. The zero-order chi connectivity index (χ0) is 14.3. The molecule has 1 N–H and O–H groups in total. The van der Waals surface area contributed by atoms with E-state index in [0.29, 0.717) is 26.2 Å². The average Bonchev–Trinajstić information content (AvgIpc) is 2.79. The number of hydrogen-bond donors (Lipinski definition) is 1. The number of piperazine rings is 1. The van der Waals surface area contributed by atoms with Gasteiger partial charge in [-0.25, -0.2) is 4.79 Å². The van der Waals surface area contributed by atoms with E-state index in [1.54, 1.807) is 9.80 Å². The van der Waals surface area contributed by atoms with E-state index in [1.165, 1.54) is 12.3 Å². The Morgan fingerprint density at radius 3 is 2.90 bits per heavy atom. The molecule has 1 aromatic rings. The fourth-order valence-corrected chi connectivity index (χ4v) is 2.70. The van der Waals surface area contributed by atoms with Crippen LogP contribution in [-0.2, 0) is 6.18 Å². The molecule has 2 aliphatic heterocycles. The van der Waals surface area contributed by atoms with Crippen LogP contribution in [0, 0.1) is 0 Å². The van der Waals surface area contributed by atoms with Gasteiger partial charge in [0.15, 0.2) is 0 Å². The number of pyridine rings is 1. The largest absolute Gasteiger partial charge is 0.419 e. The summed E-state index contributed by atoms with van der Waals surface area (Å²) in [5, 5.41) is 2.70. The first kappa shape index (κ1) is 13.0. The Labute approximate surface area is 113 Å². The molecule has 0 saturated carbocycles. The van der Waals surface area contributed by atoms with Crippen LogP contribution in [0.4, 0.5) is 23.7 Å². The first-order valence-corrected chi connectivity index (χ1v) is 6.27. The van der Waals surface area contributed by atoms with Crippen molar-refractivity contribution in [2.24, 2.45) is 0 Å². The van der Waals surface area contributed by atoms with Crippen molar-refractivity contribution in [2.45, 2.75) is 12.2 Å². The Kier molecular flexibility index (Phi) is 2.95. The number of anilines is 1. The van der Waals surface area contributed by atoms with Crippen LogP contribution in [0.5, 0.6) is 0 Å². The lowest BCUT2D eigenvalue weighted by molar-refractivity contribution is -0.137. The van der Waals surface area contributed by atoms with E-state index in [0.717, 1.165) is 6.20 Å². The van der Waals surface area contributed by atoms with Crippen LogP contribution in [0.3, 0.4) is 0 Å². The molecule has 1 atom stereocenters. The van der Waals surface area contributed by atoms with Crippen LogP contribution in [0.15, 0.2) is 18.5 Å². The summed E-state index contributed by atoms with van der Waals surface area (Å²) < 4.78 is 39.0. The Morgan fingerprint density at radius 2 is 2.15 bits per heavy atom. The summed E-state index contributed by atoms with van der Waals surface area (Å²) >= 11 is 0. The van der Waals surface area contributed by atoms with Gasteiger partial charge in [0.1, 0.15) is 0 Å². The second kappa shape index (κ2) is 4.53. The number of fused-ring (bicyclic) bond motifs is 1. The summed E-state index contributed by atoms with van der Waals surface area (Å²) in [7, 11) is 0. The van der Waals surface area contributed by atoms with E-state index in [-0.39, 0.29) is 17.8 Å². The minimum Gasteiger partial charge on any atom is -0.367 e. The van der Waals surface area contributed by atoms with Crippen molar-refractivity contribution in [1.29, 1.82) is 0 Å². The average molecular weight is 286 g/mol. The van der Waals surface area contributed by atoms with E-state index < -0.39 is 11.7 Å². The highest BCUT2D eigenvalue weighted by molar-refractivity contribution is 5.77. The van der Waals surface area contributed by atoms with Gasteiger partial charge in [0, 0.05) is 38.6 Å². The zero-order valence-corrected chi connectivity index (χ0v) is 10.5. The molecule has 5 nitrogen and oxygen atoms in total. The minimum absolute atomic E-state index is 0.0782. The normalized spacial score (nSPS) is 22.8. The number of urea groups is 1. The van der Waals surface area contributed by atoms with Crippen molar-refractivity contribution < 1.29 is 18.0 Å². The number of carbonyl (C=O) groups excluding carboxylic acids is 1. The number of aromatic nitrogens is 1. The van der Waals surface area contributed by atoms with Crippen molar-refractivity contribution >= 4 is 11.7 Å². The van der Waals surface area contributed by atoms with Gasteiger partial charge in [0.05, 0.1) is 17.3 Å². The number of alkyl halides is 3. The van der Waals surface area contributed by atoms with Crippen LogP contribution in [0.2, 0.25) is 0 Å². The van der Waals surface area contributed by atoms with Gasteiger partial charge in [-0.1, -0.05) is 0 Å². The second-order valence-corrected chi connectivity index (χ2v) is 4.87. The number of nitrogens with zero attached hydrogens (tertiary/aromatic N) is 3. The molecule has 3 heterocycles. The van der Waals surface area contributed by atoms with Crippen molar-refractivity contribution in [3.63, 3.8) is 0 Å². The lowest BCUT2D eigenvalue weighted by Gasteiger charge is -2.38. The van der Waals surface area contributed by atoms with Gasteiger partial charge < -0.3 is 15.1 Å². The van der Waals surface area contributed by atoms with Gasteiger partial charge in [-0.05, 0) is 6.07 Å². The third-order valence-corrected chi connectivity index (χ3v) is 3.68. The lowest BCUT2D eigenvalue weighted by Crippen LogP contribution is -2.52. The van der Waals surface area contributed by atoms with Crippen molar-refractivity contribution in [3.05, 3.63) is 24.0 Å². The van der Waals surface area contributed by atoms with E-state index in [4.69, 9.17) is 0 Å². The van der Waals surface area contributed by atoms with Gasteiger partial charge in [-0.3, -0.25) is 4.98 Å². The highest BCUT2D eigenvalue weighted by Gasteiger charge is 2.39. The summed E-state index contributed by atoms with van der Waals surface area (Å²) in [6.45, 7) is 1.68. The topological polar surface area (TPSA) is 48.5 Å². The summed E-state index contributed by atoms with van der Waals surface area (Å²) in [6.07, 6.45) is -2.22. The predicted molar refractivity (Wildman–Crippen MR) is 65.3 cm³/mol. The third kappa shape index (κ3) is 2.14. The smallest absolute Gasteiger partial charge is 0.367 e. The number of hydrogen-bond acceptors (Lipinski definition) is 3. The summed E-state index contributed by atoms with van der Waals surface area (Å²) in [5.41, 5.74) is -0.600. The molecule has 8 heteroatoms. The maximum absolute atomic E-state index is 13.0. The van der Waals surface area contributed by atoms with Gasteiger partial charge in [0.2, 0.25) is 0 Å². The molecule has 1 unspecified atom stereocenters. The fraction of sp³-hybridized carbons (Fsp3) is 0.500. The Balaban J connectivity index is 1.86. The second-order valence-electron chi connectivity index (χ2n) is 4.87. The van der Waals surface area contributed by atoms with Gasteiger partial charge in [-0.15, -0.1) is 0 Å². The van der Waals surface area contributed by atoms with Crippen LogP contribution < -0.4 is 10.2 Å². The molecule has 0 aliphatic carbocycles. The van der Waals surface area contributed by atoms with E-state index in [9.17, 15) is 18.0 Å². The van der Waals surface area contributed by atoms with E-state index >= 15 is 0 Å². The lowest BCUT2D eigenvalue weighted by atomic mass is 10.1. The number of amides is 2. The third-order valence-electron chi connectivity index (χ3n) is 3.68. The van der Waals surface area contributed by atoms with E-state index in [1.807, 2.05) is 0 Å². The molecule has 0 bridgehead atoms. The molecule has 2 aliphatic rings.